The van der Waals surface area contributed by atoms with Crippen molar-refractivity contribution < 1.29 is 55.6 Å². The smallest absolute Gasteiger partial charge is 0.367 e. The van der Waals surface area contributed by atoms with Gasteiger partial charge in [0.15, 0.2) is 12.6 Å². The highest BCUT2D eigenvalue weighted by atomic mass is 32.2. The lowest BCUT2D eigenvalue weighted by molar-refractivity contribution is -0.153. The number of hydrogen-bond donors (Lipinski definition) is 1. The Balaban J connectivity index is 1.52. The minimum absolute atomic E-state index is 0.0408. The van der Waals surface area contributed by atoms with Crippen LogP contribution in [0.25, 0.3) is 0 Å². The van der Waals surface area contributed by atoms with Crippen LogP contribution in [-0.4, -0.2) is 95.3 Å². The fourth-order valence-corrected chi connectivity index (χ4v) is 8.88. The molecule has 0 aromatic heterocycles. The van der Waals surface area contributed by atoms with E-state index >= 15 is 0 Å². The summed E-state index contributed by atoms with van der Waals surface area (Å²) in [6.45, 7) is 8.35. The van der Waals surface area contributed by atoms with E-state index in [1.54, 1.807) is 50.2 Å². The molecular weight excluding hydrogens is 677 g/mol. The molecule has 0 saturated carbocycles. The molecule has 0 amide bonds. The molecule has 0 bridgehead atoms. The fraction of sp³-hybridized carbons (Fsp3) is 0.618. The Hall–Kier alpha value is -2.55. The van der Waals surface area contributed by atoms with Crippen molar-refractivity contribution in [3.63, 3.8) is 0 Å². The van der Waals surface area contributed by atoms with E-state index in [2.05, 4.69) is 0 Å². The van der Waals surface area contributed by atoms with Gasteiger partial charge in [0.05, 0.1) is 56.9 Å². The molecule has 2 aromatic rings. The topological polar surface area (TPSA) is 156 Å². The predicted octanol–water partition coefficient (Wildman–Crippen LogP) is 4.86. The molecule has 2 aromatic carbocycles. The third kappa shape index (κ3) is 11.0. The number of carbonyl (C=O) groups is 1. The van der Waals surface area contributed by atoms with Crippen molar-refractivity contribution in [2.75, 3.05) is 53.0 Å². The van der Waals surface area contributed by atoms with Crippen molar-refractivity contribution >= 4 is 23.6 Å². The minimum Gasteiger partial charge on any atom is -0.497 e. The van der Waals surface area contributed by atoms with Crippen LogP contribution in [-0.2, 0) is 49.1 Å². The number of methoxy groups -OCH3 is 1. The lowest BCUT2D eigenvalue weighted by Gasteiger charge is -2.30. The number of ether oxygens (including phenoxy) is 5. The van der Waals surface area contributed by atoms with Gasteiger partial charge in [-0.2, -0.15) is 4.31 Å². The van der Waals surface area contributed by atoms with Crippen molar-refractivity contribution in [2.45, 2.75) is 70.4 Å². The second kappa shape index (κ2) is 18.1. The fourth-order valence-electron chi connectivity index (χ4n) is 5.94. The van der Waals surface area contributed by atoms with E-state index in [9.17, 15) is 22.9 Å². The van der Waals surface area contributed by atoms with Crippen molar-refractivity contribution in [1.29, 1.82) is 0 Å². The normalized spacial score (nSPS) is 20.7. The monoisotopic (exact) mass is 727 g/mol. The Morgan fingerprint density at radius 2 is 1.65 bits per heavy atom. The zero-order chi connectivity index (χ0) is 35.6. The summed E-state index contributed by atoms with van der Waals surface area (Å²) in [5, 5.41) is 11.7. The zero-order valence-corrected chi connectivity index (χ0v) is 30.6. The highest BCUT2D eigenvalue weighted by molar-refractivity contribution is 7.89. The van der Waals surface area contributed by atoms with Crippen molar-refractivity contribution in [1.82, 2.24) is 4.31 Å². The molecule has 1 N–H and O–H groups in total. The number of nitrogens with zero attached hydrogens (tertiary/aromatic N) is 1. The van der Waals surface area contributed by atoms with E-state index in [0.717, 1.165) is 12.0 Å². The van der Waals surface area contributed by atoms with E-state index in [-0.39, 0.29) is 75.1 Å². The Bertz CT molecular complexity index is 1480. The lowest BCUT2D eigenvalue weighted by Crippen LogP contribution is -2.43. The van der Waals surface area contributed by atoms with Crippen LogP contribution < -0.4 is 9.47 Å². The molecule has 274 valence electrons. The predicted molar refractivity (Wildman–Crippen MR) is 181 cm³/mol. The van der Waals surface area contributed by atoms with Gasteiger partial charge in [-0.1, -0.05) is 26.0 Å². The summed E-state index contributed by atoms with van der Waals surface area (Å²) in [4.78, 5) is 13.4. The Morgan fingerprint density at radius 3 is 2.27 bits per heavy atom. The molecule has 13 nitrogen and oxygen atoms in total. The number of esters is 1. The van der Waals surface area contributed by atoms with Gasteiger partial charge in [-0.3, -0.25) is 9.36 Å². The van der Waals surface area contributed by atoms with Gasteiger partial charge in [-0.25, -0.2) is 8.42 Å². The number of aliphatic hydroxyl groups excluding tert-OH is 1. The third-order valence-corrected chi connectivity index (χ3v) is 12.0. The highest BCUT2D eigenvalue weighted by Gasteiger charge is 2.44. The quantitative estimate of drug-likeness (QED) is 0.146. The molecule has 2 aliphatic heterocycles. The first kappa shape index (κ1) is 39.2. The summed E-state index contributed by atoms with van der Waals surface area (Å²) in [5.74, 6) is -0.346. The SMILES string of the molecule is CCOP(=O)(COc1ccc(C[C@H](CC(=O)O[C@H]2CO[C@H]3OCC[C@H]32)[C@H](O)CN(CC(C)C)S(=O)(=O)c2ccc(OC)cc2)cc1)OCC. The van der Waals surface area contributed by atoms with Gasteiger partial charge in [-0.15, -0.1) is 0 Å². The number of hydrogen-bond acceptors (Lipinski definition) is 12. The van der Waals surface area contributed by atoms with E-state index in [4.69, 9.17) is 32.7 Å². The summed E-state index contributed by atoms with van der Waals surface area (Å²) in [6.07, 6.45) is -1.51. The van der Waals surface area contributed by atoms with Crippen LogP contribution in [0, 0.1) is 17.8 Å². The summed E-state index contributed by atoms with van der Waals surface area (Å²) in [6, 6.07) is 13.0. The van der Waals surface area contributed by atoms with Crippen LogP contribution in [0.2, 0.25) is 0 Å². The van der Waals surface area contributed by atoms with Crippen LogP contribution in [0.5, 0.6) is 11.5 Å². The summed E-state index contributed by atoms with van der Waals surface area (Å²) < 4.78 is 80.1. The molecule has 2 saturated heterocycles. The van der Waals surface area contributed by atoms with Gasteiger partial charge in [-0.05, 0) is 74.6 Å². The van der Waals surface area contributed by atoms with Gasteiger partial charge in [0.2, 0.25) is 10.0 Å². The molecule has 2 heterocycles. The molecule has 0 radical (unpaired) electrons. The minimum atomic E-state index is -4.00. The highest BCUT2D eigenvalue weighted by Crippen LogP contribution is 2.48. The van der Waals surface area contributed by atoms with E-state index in [0.29, 0.717) is 18.1 Å². The summed E-state index contributed by atoms with van der Waals surface area (Å²) >= 11 is 0. The van der Waals surface area contributed by atoms with E-state index in [1.165, 1.54) is 23.5 Å². The molecule has 49 heavy (non-hydrogen) atoms. The zero-order valence-electron chi connectivity index (χ0n) is 28.9. The summed E-state index contributed by atoms with van der Waals surface area (Å²) in [5.41, 5.74) is 0.767. The Morgan fingerprint density at radius 1 is 1.00 bits per heavy atom. The largest absolute Gasteiger partial charge is 0.497 e. The Kier molecular flexibility index (Phi) is 14.5. The van der Waals surface area contributed by atoms with Gasteiger partial charge in [0.1, 0.15) is 17.6 Å². The van der Waals surface area contributed by atoms with E-state index < -0.39 is 41.7 Å². The van der Waals surface area contributed by atoms with Crippen LogP contribution >= 0.6 is 7.60 Å². The van der Waals surface area contributed by atoms with Crippen LogP contribution in [0.1, 0.15) is 46.1 Å². The van der Waals surface area contributed by atoms with Crippen LogP contribution in [0.3, 0.4) is 0 Å². The molecule has 2 fully saturated rings. The van der Waals surface area contributed by atoms with Crippen molar-refractivity contribution in [3.8, 4) is 11.5 Å². The van der Waals surface area contributed by atoms with Gasteiger partial charge < -0.3 is 37.8 Å². The average molecular weight is 728 g/mol. The molecule has 15 heteroatoms. The molecule has 0 spiro atoms. The number of carbonyl (C=O) groups excluding carboxylic acids is 1. The van der Waals surface area contributed by atoms with Crippen LogP contribution in [0.15, 0.2) is 53.4 Å². The van der Waals surface area contributed by atoms with Crippen LogP contribution in [0.4, 0.5) is 0 Å². The molecule has 4 rings (SSSR count). The van der Waals surface area contributed by atoms with Gasteiger partial charge in [0, 0.05) is 19.0 Å². The number of benzene rings is 2. The third-order valence-electron chi connectivity index (χ3n) is 8.36. The van der Waals surface area contributed by atoms with Gasteiger partial charge >= 0.3 is 13.6 Å². The first-order chi connectivity index (χ1) is 23.4. The number of sulfonamides is 1. The average Bonchev–Trinajstić information content (AvgIpc) is 3.69. The molecule has 0 unspecified atom stereocenters. The van der Waals surface area contributed by atoms with E-state index in [1.807, 2.05) is 13.8 Å². The number of rotatable bonds is 20. The molecule has 0 aliphatic carbocycles. The second-order valence-electron chi connectivity index (χ2n) is 12.5. The summed E-state index contributed by atoms with van der Waals surface area (Å²) in [7, 11) is -5.92. The maximum atomic E-state index is 13.8. The molecule has 2 aliphatic rings. The maximum absolute atomic E-state index is 13.8. The molecule has 5 atom stereocenters. The second-order valence-corrected chi connectivity index (χ2v) is 16.5. The first-order valence-electron chi connectivity index (χ1n) is 16.7. The molecular formula is C34H50NO12PS. The lowest BCUT2D eigenvalue weighted by atomic mass is 9.90. The van der Waals surface area contributed by atoms with Gasteiger partial charge in [0.25, 0.3) is 0 Å². The standard InChI is InChI=1S/C34H50NO12PS/c1-6-45-48(38,46-7-2)23-44-28-10-8-25(9-11-28)18-26(19-33(37)47-32-22-43-34-30(32)16-17-42-34)31(36)21-35(20-24(3)4)49(39,40)29-14-12-27(41-5)13-15-29/h8-15,24,26,30-32,34,36H,6-7,16-23H2,1-5H3/t26-,30+,31-,32+,34-/m1/s1. The number of aliphatic hydroxyl groups is 1. The first-order valence-corrected chi connectivity index (χ1v) is 19.9. The maximum Gasteiger partial charge on any atom is 0.367 e. The van der Waals surface area contributed by atoms with Crippen molar-refractivity contribution in [2.24, 2.45) is 17.8 Å². The Labute approximate surface area is 289 Å². The van der Waals surface area contributed by atoms with Crippen molar-refractivity contribution in [3.05, 3.63) is 54.1 Å². The number of fused-ring (bicyclic) bond motifs is 1.